The van der Waals surface area contributed by atoms with Crippen molar-refractivity contribution in [2.24, 2.45) is 0 Å². The molecule has 0 aliphatic carbocycles. The molecule has 1 nitrogen and oxygen atoms in total. The fraction of sp³-hybridized carbons (Fsp3) is 0.143. The van der Waals surface area contributed by atoms with Crippen LogP contribution in [-0.2, 0) is 0 Å². The second kappa shape index (κ2) is 5.23. The van der Waals surface area contributed by atoms with Gasteiger partial charge in [-0.25, -0.2) is 13.2 Å². The van der Waals surface area contributed by atoms with Gasteiger partial charge in [0.1, 0.15) is 6.10 Å². The first-order valence-corrected chi connectivity index (χ1v) is 5.87. The summed E-state index contributed by atoms with van der Waals surface area (Å²) in [6.45, 7) is 1.72. The van der Waals surface area contributed by atoms with E-state index in [2.05, 4.69) is 0 Å². The first kappa shape index (κ1) is 13.9. The Morgan fingerprint density at radius 3 is 2.37 bits per heavy atom. The van der Waals surface area contributed by atoms with Gasteiger partial charge in [0.25, 0.3) is 0 Å². The largest absolute Gasteiger partial charge is 0.383 e. The third-order valence-electron chi connectivity index (χ3n) is 2.88. The molecule has 1 atom stereocenters. The van der Waals surface area contributed by atoms with Crippen molar-refractivity contribution in [1.82, 2.24) is 0 Å². The number of aryl methyl sites for hydroxylation is 1. The lowest BCUT2D eigenvalue weighted by atomic mass is 9.99. The molecule has 0 saturated heterocycles. The lowest BCUT2D eigenvalue weighted by Gasteiger charge is -2.15. The molecule has 100 valence electrons. The monoisotopic (exact) mass is 286 g/mol. The number of halogens is 4. The molecule has 0 saturated carbocycles. The molecule has 0 fully saturated rings. The van der Waals surface area contributed by atoms with Crippen molar-refractivity contribution in [3.05, 3.63) is 69.5 Å². The Labute approximate surface area is 113 Å². The maximum absolute atomic E-state index is 13.6. The lowest BCUT2D eigenvalue weighted by molar-refractivity contribution is 0.212. The molecule has 0 spiro atoms. The smallest absolute Gasteiger partial charge is 0.194 e. The molecule has 2 rings (SSSR count). The molecule has 0 aliphatic heterocycles. The molecular formula is C14H10ClF3O. The molecule has 0 bridgehead atoms. The van der Waals surface area contributed by atoms with Gasteiger partial charge in [0, 0.05) is 16.1 Å². The molecule has 0 aromatic heterocycles. The molecule has 0 radical (unpaired) electrons. The second-order valence-electron chi connectivity index (χ2n) is 4.15. The molecule has 2 aromatic carbocycles. The van der Waals surface area contributed by atoms with E-state index < -0.39 is 23.6 Å². The van der Waals surface area contributed by atoms with E-state index in [1.807, 2.05) is 0 Å². The quantitative estimate of drug-likeness (QED) is 0.822. The minimum Gasteiger partial charge on any atom is -0.383 e. The fourth-order valence-electron chi connectivity index (χ4n) is 1.80. The van der Waals surface area contributed by atoms with E-state index in [0.717, 1.165) is 12.1 Å². The molecule has 0 amide bonds. The Kier molecular flexibility index (Phi) is 3.83. The van der Waals surface area contributed by atoms with Crippen LogP contribution in [0.25, 0.3) is 0 Å². The summed E-state index contributed by atoms with van der Waals surface area (Å²) >= 11 is 6.01. The van der Waals surface area contributed by atoms with Crippen LogP contribution in [0.4, 0.5) is 13.2 Å². The van der Waals surface area contributed by atoms with Gasteiger partial charge in [0.2, 0.25) is 0 Å². The van der Waals surface area contributed by atoms with Crippen molar-refractivity contribution in [3.63, 3.8) is 0 Å². The van der Waals surface area contributed by atoms with Crippen LogP contribution in [0.2, 0.25) is 5.02 Å². The van der Waals surface area contributed by atoms with Crippen molar-refractivity contribution in [1.29, 1.82) is 0 Å². The van der Waals surface area contributed by atoms with Gasteiger partial charge >= 0.3 is 0 Å². The summed E-state index contributed by atoms with van der Waals surface area (Å²) in [4.78, 5) is 0. The maximum atomic E-state index is 13.6. The highest BCUT2D eigenvalue weighted by Crippen LogP contribution is 2.32. The van der Waals surface area contributed by atoms with E-state index in [1.165, 1.54) is 6.07 Å². The van der Waals surface area contributed by atoms with Gasteiger partial charge < -0.3 is 5.11 Å². The highest BCUT2D eigenvalue weighted by Gasteiger charge is 2.22. The van der Waals surface area contributed by atoms with E-state index in [-0.39, 0.29) is 16.1 Å². The minimum atomic E-state index is -1.61. The molecule has 0 heterocycles. The Hall–Kier alpha value is -1.52. The second-order valence-corrected chi connectivity index (χ2v) is 4.52. The third kappa shape index (κ3) is 2.46. The zero-order chi connectivity index (χ0) is 14.2. The number of aliphatic hydroxyl groups is 1. The number of hydrogen-bond donors (Lipinski definition) is 1. The minimum absolute atomic E-state index is 0.242. The summed E-state index contributed by atoms with van der Waals surface area (Å²) in [7, 11) is 0. The fourth-order valence-corrected chi connectivity index (χ4v) is 2.03. The third-order valence-corrected chi connectivity index (χ3v) is 3.39. The predicted octanol–water partition coefficient (Wildman–Crippen LogP) is 4.15. The van der Waals surface area contributed by atoms with E-state index in [1.54, 1.807) is 19.1 Å². The van der Waals surface area contributed by atoms with Gasteiger partial charge in [-0.3, -0.25) is 0 Å². The van der Waals surface area contributed by atoms with Gasteiger partial charge in [-0.1, -0.05) is 35.9 Å². The van der Waals surface area contributed by atoms with E-state index in [9.17, 15) is 18.3 Å². The maximum Gasteiger partial charge on any atom is 0.194 e. The van der Waals surface area contributed by atoms with Gasteiger partial charge in [-0.15, -0.1) is 0 Å². The van der Waals surface area contributed by atoms with Crippen molar-refractivity contribution in [2.45, 2.75) is 13.0 Å². The summed E-state index contributed by atoms with van der Waals surface area (Å²) in [5, 5.41) is 10.3. The molecule has 5 heteroatoms. The van der Waals surface area contributed by atoms with Crippen LogP contribution in [0.15, 0.2) is 30.3 Å². The van der Waals surface area contributed by atoms with Gasteiger partial charge in [0.05, 0.1) is 0 Å². The van der Waals surface area contributed by atoms with Crippen molar-refractivity contribution < 1.29 is 18.3 Å². The predicted molar refractivity (Wildman–Crippen MR) is 66.6 cm³/mol. The van der Waals surface area contributed by atoms with Crippen molar-refractivity contribution >= 4 is 11.6 Å². The van der Waals surface area contributed by atoms with Crippen molar-refractivity contribution in [2.75, 3.05) is 0 Å². The number of hydrogen-bond acceptors (Lipinski definition) is 1. The molecule has 1 unspecified atom stereocenters. The Bertz CT molecular complexity index is 628. The van der Waals surface area contributed by atoms with Crippen LogP contribution in [0.3, 0.4) is 0 Å². The van der Waals surface area contributed by atoms with E-state index >= 15 is 0 Å². The highest BCUT2D eigenvalue weighted by atomic mass is 35.5. The van der Waals surface area contributed by atoms with E-state index in [4.69, 9.17) is 11.6 Å². The van der Waals surface area contributed by atoms with Crippen LogP contribution in [0, 0.1) is 24.4 Å². The molecule has 19 heavy (non-hydrogen) atoms. The van der Waals surface area contributed by atoms with Gasteiger partial charge in [-0.05, 0) is 18.6 Å². The first-order chi connectivity index (χ1) is 8.93. The van der Waals surface area contributed by atoms with Crippen LogP contribution in [0.1, 0.15) is 22.8 Å². The standard InChI is InChI=1S/C14H10ClF3O/c1-7-3-2-4-8(11(7)15)14(19)9-5-6-10(16)13(18)12(9)17/h2-6,14,19H,1H3. The van der Waals surface area contributed by atoms with E-state index in [0.29, 0.717) is 5.56 Å². The number of rotatable bonds is 2. The highest BCUT2D eigenvalue weighted by molar-refractivity contribution is 6.32. The van der Waals surface area contributed by atoms with Crippen molar-refractivity contribution in [3.8, 4) is 0 Å². The Morgan fingerprint density at radius 2 is 1.68 bits per heavy atom. The summed E-state index contributed by atoms with van der Waals surface area (Å²) in [5.74, 6) is -4.32. The molecular weight excluding hydrogens is 277 g/mol. The van der Waals surface area contributed by atoms with Gasteiger partial charge in [0.15, 0.2) is 17.5 Å². The molecule has 0 aliphatic rings. The zero-order valence-electron chi connectivity index (χ0n) is 9.92. The first-order valence-electron chi connectivity index (χ1n) is 5.50. The van der Waals surface area contributed by atoms with Crippen LogP contribution in [-0.4, -0.2) is 5.11 Å². The summed E-state index contributed by atoms with van der Waals surface area (Å²) < 4.78 is 39.6. The Balaban J connectivity index is 2.53. The summed E-state index contributed by atoms with van der Waals surface area (Å²) in [5.41, 5.74) is 0.583. The normalized spacial score (nSPS) is 12.5. The topological polar surface area (TPSA) is 20.2 Å². The Morgan fingerprint density at radius 1 is 1.00 bits per heavy atom. The van der Waals surface area contributed by atoms with Crippen LogP contribution < -0.4 is 0 Å². The number of benzene rings is 2. The average Bonchev–Trinajstić information content (AvgIpc) is 2.39. The average molecular weight is 287 g/mol. The zero-order valence-corrected chi connectivity index (χ0v) is 10.7. The van der Waals surface area contributed by atoms with Crippen LogP contribution in [0.5, 0.6) is 0 Å². The molecule has 2 aromatic rings. The van der Waals surface area contributed by atoms with Crippen LogP contribution >= 0.6 is 11.6 Å². The molecule has 1 N–H and O–H groups in total. The lowest BCUT2D eigenvalue weighted by Crippen LogP contribution is -2.06. The van der Waals surface area contributed by atoms with Gasteiger partial charge in [-0.2, -0.15) is 0 Å². The SMILES string of the molecule is Cc1cccc(C(O)c2ccc(F)c(F)c2F)c1Cl. The number of aliphatic hydroxyl groups excluding tert-OH is 1. The summed E-state index contributed by atoms with van der Waals surface area (Å²) in [6, 6.07) is 6.62. The summed E-state index contributed by atoms with van der Waals surface area (Å²) in [6.07, 6.45) is -1.46.